The van der Waals surface area contributed by atoms with Crippen molar-refractivity contribution in [2.45, 2.75) is 13.0 Å². The van der Waals surface area contributed by atoms with Crippen molar-refractivity contribution >= 4 is 27.3 Å². The van der Waals surface area contributed by atoms with Gasteiger partial charge in [0.05, 0.1) is 31.3 Å². The number of aromatic hydroxyl groups is 1. The van der Waals surface area contributed by atoms with Gasteiger partial charge in [-0.2, -0.15) is 0 Å². The Morgan fingerprint density at radius 3 is 2.62 bits per heavy atom. The van der Waals surface area contributed by atoms with E-state index in [1.54, 1.807) is 0 Å². The van der Waals surface area contributed by atoms with Crippen LogP contribution in [0.1, 0.15) is 6.92 Å². The minimum atomic E-state index is -3.55. The van der Waals surface area contributed by atoms with Crippen LogP contribution in [0.15, 0.2) is 12.1 Å². The van der Waals surface area contributed by atoms with E-state index >= 15 is 0 Å². The van der Waals surface area contributed by atoms with Gasteiger partial charge in [-0.15, -0.1) is 0 Å². The largest absolute Gasteiger partial charge is 0.506 e. The van der Waals surface area contributed by atoms with Crippen LogP contribution in [-0.4, -0.2) is 81.9 Å². The molecule has 1 aromatic rings. The fourth-order valence-corrected chi connectivity index (χ4v) is 3.47. The maximum absolute atomic E-state index is 12.4. The third-order valence-electron chi connectivity index (χ3n) is 4.20. The quantitative estimate of drug-likeness (QED) is 0.605. The van der Waals surface area contributed by atoms with Crippen LogP contribution in [0, 0.1) is 0 Å². The Labute approximate surface area is 154 Å². The number of hydrogen-bond donors (Lipinski definition) is 3. The van der Waals surface area contributed by atoms with E-state index in [4.69, 9.17) is 4.74 Å². The first-order valence-electron chi connectivity index (χ1n) is 8.20. The summed E-state index contributed by atoms with van der Waals surface area (Å²) in [5.74, 6) is -0.295. The van der Waals surface area contributed by atoms with E-state index in [1.807, 2.05) is 7.05 Å². The molecule has 10 heteroatoms. The number of amides is 1. The molecule has 0 bridgehead atoms. The Hall–Kier alpha value is -2.04. The predicted octanol–water partition coefficient (Wildman–Crippen LogP) is 0.347. The number of nitrogens with one attached hydrogen (secondary N) is 2. The van der Waals surface area contributed by atoms with E-state index in [0.717, 1.165) is 25.9 Å². The lowest BCUT2D eigenvalue weighted by Crippen LogP contribution is -2.52. The van der Waals surface area contributed by atoms with E-state index in [0.29, 0.717) is 0 Å². The monoisotopic (exact) mass is 386 g/mol. The fourth-order valence-electron chi connectivity index (χ4n) is 2.90. The molecule has 26 heavy (non-hydrogen) atoms. The summed E-state index contributed by atoms with van der Waals surface area (Å²) in [6.45, 7) is 4.88. The maximum atomic E-state index is 12.4. The maximum Gasteiger partial charge on any atom is 0.238 e. The number of benzene rings is 1. The van der Waals surface area contributed by atoms with Crippen LogP contribution in [0.3, 0.4) is 0 Å². The summed E-state index contributed by atoms with van der Waals surface area (Å²) in [7, 11) is -0.107. The van der Waals surface area contributed by atoms with Crippen molar-refractivity contribution in [3.63, 3.8) is 0 Å². The van der Waals surface area contributed by atoms with Gasteiger partial charge in [0.1, 0.15) is 11.5 Å². The number of nitrogens with zero attached hydrogens (tertiary/aromatic N) is 2. The summed E-state index contributed by atoms with van der Waals surface area (Å²) < 4.78 is 30.1. The van der Waals surface area contributed by atoms with E-state index in [9.17, 15) is 18.3 Å². The average molecular weight is 386 g/mol. The molecule has 1 atom stereocenters. The lowest BCUT2D eigenvalue weighted by Gasteiger charge is -2.37. The molecule has 1 saturated heterocycles. The molecule has 0 aliphatic carbocycles. The highest BCUT2D eigenvalue weighted by Crippen LogP contribution is 2.36. The average Bonchev–Trinajstić information content (AvgIpc) is 2.51. The molecule has 0 saturated carbocycles. The zero-order valence-corrected chi connectivity index (χ0v) is 16.3. The van der Waals surface area contributed by atoms with Gasteiger partial charge in [0.2, 0.25) is 15.9 Å². The van der Waals surface area contributed by atoms with E-state index in [2.05, 4.69) is 26.8 Å². The number of carbonyl (C=O) groups is 1. The van der Waals surface area contributed by atoms with E-state index < -0.39 is 10.0 Å². The van der Waals surface area contributed by atoms with Crippen molar-refractivity contribution in [1.29, 1.82) is 0 Å². The molecule has 0 radical (unpaired) electrons. The molecule has 1 aromatic carbocycles. The van der Waals surface area contributed by atoms with Crippen LogP contribution in [0.4, 0.5) is 11.4 Å². The van der Waals surface area contributed by atoms with Crippen LogP contribution in [-0.2, 0) is 14.8 Å². The molecule has 0 aromatic heterocycles. The lowest BCUT2D eigenvalue weighted by molar-refractivity contribution is -0.118. The van der Waals surface area contributed by atoms with Gasteiger partial charge in [-0.05, 0) is 14.0 Å². The van der Waals surface area contributed by atoms with Gasteiger partial charge in [-0.25, -0.2) is 8.42 Å². The number of ether oxygens (including phenoxy) is 1. The summed E-state index contributed by atoms with van der Waals surface area (Å²) in [5, 5.41) is 12.7. The molecular weight excluding hydrogens is 360 g/mol. The Balaban J connectivity index is 2.10. The van der Waals surface area contributed by atoms with Gasteiger partial charge in [0, 0.05) is 37.8 Å². The Bertz CT molecular complexity index is 768. The summed E-state index contributed by atoms with van der Waals surface area (Å²) >= 11 is 0. The minimum Gasteiger partial charge on any atom is -0.506 e. The number of likely N-dealkylation sites (N-methyl/N-ethyl adjacent to an activating group) is 1. The van der Waals surface area contributed by atoms with Gasteiger partial charge >= 0.3 is 0 Å². The number of piperazine rings is 1. The Kier molecular flexibility index (Phi) is 6.32. The second kappa shape index (κ2) is 8.11. The topological polar surface area (TPSA) is 111 Å². The van der Waals surface area contributed by atoms with Crippen molar-refractivity contribution in [3.8, 4) is 11.5 Å². The molecule has 1 aliphatic rings. The van der Waals surface area contributed by atoms with Crippen LogP contribution < -0.4 is 14.8 Å². The summed E-state index contributed by atoms with van der Waals surface area (Å²) in [6, 6.07) is 2.85. The molecule has 2 rings (SSSR count). The molecule has 1 aliphatic heterocycles. The van der Waals surface area contributed by atoms with Crippen molar-refractivity contribution in [1.82, 2.24) is 9.80 Å². The molecule has 9 nitrogen and oxygen atoms in total. The molecule has 0 spiro atoms. The highest BCUT2D eigenvalue weighted by atomic mass is 32.2. The third kappa shape index (κ3) is 5.48. The van der Waals surface area contributed by atoms with Gasteiger partial charge in [-0.1, -0.05) is 0 Å². The van der Waals surface area contributed by atoms with Crippen molar-refractivity contribution in [3.05, 3.63) is 12.1 Å². The second-order valence-electron chi connectivity index (χ2n) is 6.57. The predicted molar refractivity (Wildman–Crippen MR) is 100 cm³/mol. The van der Waals surface area contributed by atoms with Gasteiger partial charge in [0.25, 0.3) is 0 Å². The first-order valence-corrected chi connectivity index (χ1v) is 10.1. The van der Waals surface area contributed by atoms with Crippen LogP contribution in [0.2, 0.25) is 0 Å². The molecule has 1 unspecified atom stereocenters. The molecule has 3 N–H and O–H groups in total. The summed E-state index contributed by atoms with van der Waals surface area (Å²) in [4.78, 5) is 16.7. The van der Waals surface area contributed by atoms with Crippen molar-refractivity contribution in [2.75, 3.05) is 56.6 Å². The normalized spacial score (nSPS) is 19.2. The molecule has 1 fully saturated rings. The number of methoxy groups -OCH3 is 1. The third-order valence-corrected chi connectivity index (χ3v) is 4.79. The van der Waals surface area contributed by atoms with Gasteiger partial charge in [0.15, 0.2) is 0 Å². The van der Waals surface area contributed by atoms with Crippen LogP contribution in [0.5, 0.6) is 11.5 Å². The standard InChI is InChI=1S/C16H26N4O5S/c1-11-9-19(2)5-6-20(11)10-16(22)17-13-7-14(21)12(8-15(13)25-3)18-26(4,23)24/h7-8,11,18,21H,5-6,9-10H2,1-4H3,(H,17,22). The summed E-state index contributed by atoms with van der Waals surface area (Å²) in [6.07, 6.45) is 0.978. The number of hydrogen-bond acceptors (Lipinski definition) is 7. The first kappa shape index (κ1) is 20.3. The summed E-state index contributed by atoms with van der Waals surface area (Å²) in [5.41, 5.74) is 0.255. The van der Waals surface area contributed by atoms with Crippen LogP contribution in [0.25, 0.3) is 0 Å². The van der Waals surface area contributed by atoms with E-state index in [-0.39, 0.29) is 41.4 Å². The first-order chi connectivity index (χ1) is 12.1. The fraction of sp³-hybridized carbons (Fsp3) is 0.562. The van der Waals surface area contributed by atoms with E-state index in [1.165, 1.54) is 19.2 Å². The lowest BCUT2D eigenvalue weighted by atomic mass is 10.2. The minimum absolute atomic E-state index is 0.0185. The smallest absolute Gasteiger partial charge is 0.238 e. The van der Waals surface area contributed by atoms with Gasteiger partial charge in [-0.3, -0.25) is 14.4 Å². The second-order valence-corrected chi connectivity index (χ2v) is 8.32. The van der Waals surface area contributed by atoms with Gasteiger partial charge < -0.3 is 20.1 Å². The highest BCUT2D eigenvalue weighted by molar-refractivity contribution is 7.92. The number of sulfonamides is 1. The molecule has 1 heterocycles. The van der Waals surface area contributed by atoms with Crippen molar-refractivity contribution in [2.24, 2.45) is 0 Å². The SMILES string of the molecule is COc1cc(NS(C)(=O)=O)c(O)cc1NC(=O)CN1CCN(C)CC1C. The number of rotatable bonds is 6. The number of carbonyl (C=O) groups excluding carboxylic acids is 1. The Morgan fingerprint density at radius 2 is 2.04 bits per heavy atom. The molecule has 1 amide bonds. The highest BCUT2D eigenvalue weighted by Gasteiger charge is 2.24. The zero-order chi connectivity index (χ0) is 19.5. The zero-order valence-electron chi connectivity index (χ0n) is 15.4. The molecular formula is C16H26N4O5S. The number of phenols is 1. The Morgan fingerprint density at radius 1 is 1.35 bits per heavy atom. The number of anilines is 2. The van der Waals surface area contributed by atoms with Crippen LogP contribution >= 0.6 is 0 Å². The van der Waals surface area contributed by atoms with Crippen molar-refractivity contribution < 1.29 is 23.1 Å². The number of phenolic OH excluding ortho intramolecular Hbond substituents is 1. The molecule has 146 valence electrons.